The summed E-state index contributed by atoms with van der Waals surface area (Å²) in [6.07, 6.45) is -13.4. The van der Waals surface area contributed by atoms with Crippen molar-refractivity contribution in [3.63, 3.8) is 0 Å². The van der Waals surface area contributed by atoms with Crippen LogP contribution < -0.4 is 34.0 Å². The zero-order valence-electron chi connectivity index (χ0n) is 76.5. The molecule has 0 unspecified atom stereocenters. The van der Waals surface area contributed by atoms with Crippen LogP contribution in [0.2, 0.25) is 0 Å². The van der Waals surface area contributed by atoms with E-state index < -0.39 is 71.2 Å². The Morgan fingerprint density at radius 1 is 0.216 bits per heavy atom. The Kier molecular flexibility index (Phi) is 32.5. The van der Waals surface area contributed by atoms with Crippen LogP contribution in [-0.4, -0.2) is 103 Å². The summed E-state index contributed by atoms with van der Waals surface area (Å²) in [6.45, 7) is 6.17. The van der Waals surface area contributed by atoms with Crippen molar-refractivity contribution in [2.45, 2.75) is 63.2 Å². The summed E-state index contributed by atoms with van der Waals surface area (Å²) in [5.74, 6) is 1.42. The van der Waals surface area contributed by atoms with Crippen LogP contribution in [0.15, 0.2) is 328 Å². The van der Waals surface area contributed by atoms with Crippen LogP contribution in [0.4, 0.5) is 165 Å². The van der Waals surface area contributed by atoms with E-state index in [1.807, 2.05) is 155 Å². The van der Waals surface area contributed by atoms with E-state index in [1.165, 1.54) is 55.5 Å². The van der Waals surface area contributed by atoms with Gasteiger partial charge in [-0.15, -0.1) is 36.4 Å². The smallest absolute Gasteiger partial charge is 0.498 e. The normalized spacial score (nSPS) is 11.7. The Hall–Kier alpha value is -15.9. The third kappa shape index (κ3) is 25.1. The molecule has 0 N–H and O–H groups in total. The number of halogens is 18. The molecule has 0 radical (unpaired) electrons. The van der Waals surface area contributed by atoms with E-state index in [9.17, 15) is 79.0 Å². The fraction of sp³-hybridized carbons (Fsp3) is 0.118. The number of benzene rings is 7. The first kappa shape index (κ1) is 108. The minimum atomic E-state index is -4.77. The van der Waals surface area contributed by atoms with Crippen LogP contribution in [0.1, 0.15) is 60.5 Å². The maximum absolute atomic E-state index is 14.0. The van der Waals surface area contributed by atoms with Crippen molar-refractivity contribution < 1.29 is 152 Å². The second kappa shape index (κ2) is 44.6. The number of anilines is 15. The molecule has 760 valence electrons. The van der Waals surface area contributed by atoms with E-state index in [-0.39, 0.29) is 150 Å². The second-order valence-corrected chi connectivity index (χ2v) is 32.1. The number of rotatable bonds is 23. The standard InChI is InChI=1S/C48H31F6N9.C28H21F6N7.C26H17F6N7O2.3Pt/c49-47(50,51)41-26-28-59(57-41)43-30-39(61(34-16-6-1-7-17-34)35-18-8-2-9-19-35)32-45(55-43)63(38-24-14-5-15-25-38)46-33-40(31-44(56-46)60-29-27-42(58-60)48(52,53)54)62(36-20-10-3-11-21-36)37-22-12-4-13-23-37;1-26(2,3)18-10-12-19(13-11-18)41(24-8-4-6-22(35-24)39-16-14-20(37-39)27(29,30)31)25-9-5-7-23(36-25)40-17-15-21(38-40)28(32,33)34;1-40-17-12-21(37-10-8-19(35-37)25(27,28)29)33-23(14-17)39(16-6-4-3-5-7-16)24-15-18(41-2)13-22(34-24)38-11-9-20(36-38)26(30,31)32;;;/h1-27,30-33H;4-15H,1-3H3;3-9,12-15H,1-2H3;;;/q3*-2;3*+2. The number of methoxy groups -OCH3 is 2. The van der Waals surface area contributed by atoms with E-state index in [4.69, 9.17) is 19.4 Å². The van der Waals surface area contributed by atoms with Gasteiger partial charge in [0.05, 0.1) is 83.3 Å². The zero-order chi connectivity index (χ0) is 102. The Morgan fingerprint density at radius 2 is 0.426 bits per heavy atom. The van der Waals surface area contributed by atoms with Gasteiger partial charge in [-0.1, -0.05) is 204 Å². The van der Waals surface area contributed by atoms with Gasteiger partial charge in [-0.3, -0.25) is 75.2 Å². The quantitative estimate of drug-likeness (QED) is 0.0429. The molecule has 46 heteroatoms. The number of alkyl halides is 18. The Balaban J connectivity index is 0.000000180. The predicted molar refractivity (Wildman–Crippen MR) is 497 cm³/mol. The topological polar surface area (TPSA) is 219 Å². The minimum absolute atomic E-state index is 0. The Labute approximate surface area is 873 Å². The van der Waals surface area contributed by atoms with Crippen molar-refractivity contribution in [1.82, 2.24) is 88.6 Å². The summed E-state index contributed by atoms with van der Waals surface area (Å²) in [4.78, 5) is 36.4. The molecule has 0 aliphatic rings. The monoisotopic (exact) mass is 2570 g/mol. The van der Waals surface area contributed by atoms with Crippen LogP contribution in [0.25, 0.3) is 34.9 Å². The molecule has 0 saturated carbocycles. The average molecular weight is 2580 g/mol. The van der Waals surface area contributed by atoms with Crippen molar-refractivity contribution in [3.8, 4) is 46.4 Å². The summed E-state index contributed by atoms with van der Waals surface area (Å²) in [5, 5.41) is 21.8. The summed E-state index contributed by atoms with van der Waals surface area (Å²) in [6, 6.07) is 88.5. The number of hydrogen-bond donors (Lipinski definition) is 0. The van der Waals surface area contributed by atoms with Gasteiger partial charge in [0.25, 0.3) is 0 Å². The summed E-state index contributed by atoms with van der Waals surface area (Å²) in [7, 11) is 2.72. The molecule has 0 aliphatic carbocycles. The third-order valence-corrected chi connectivity index (χ3v) is 21.2. The van der Waals surface area contributed by atoms with Crippen molar-refractivity contribution in [2.75, 3.05) is 38.7 Å². The Morgan fingerprint density at radius 3 is 0.655 bits per heavy atom. The van der Waals surface area contributed by atoms with Gasteiger partial charge in [-0.25, -0.2) is 0 Å². The summed E-state index contributed by atoms with van der Waals surface area (Å²) < 4.78 is 258. The molecular weight excluding hydrogens is 2510 g/mol. The van der Waals surface area contributed by atoms with Gasteiger partial charge in [0.2, 0.25) is 0 Å². The van der Waals surface area contributed by atoms with Crippen molar-refractivity contribution >= 4 is 86.1 Å². The van der Waals surface area contributed by atoms with Gasteiger partial charge < -0.3 is 47.4 Å². The molecule has 0 spiro atoms. The minimum Gasteiger partial charge on any atom is -0.498 e. The first-order chi connectivity index (χ1) is 69.1. The number of para-hydroxylation sites is 6. The van der Waals surface area contributed by atoms with E-state index in [0.29, 0.717) is 40.6 Å². The molecule has 0 atom stereocenters. The van der Waals surface area contributed by atoms with Crippen LogP contribution in [0.5, 0.6) is 11.5 Å². The molecular formula is C102H69F18N23O2Pt3. The largest absolute Gasteiger partial charge is 2.00 e. The third-order valence-electron chi connectivity index (χ3n) is 21.2. The molecule has 0 bridgehead atoms. The predicted octanol–water partition coefficient (Wildman–Crippen LogP) is 26.1. The molecule has 7 aromatic carbocycles. The SMILES string of the molecule is CC(C)(C)c1ccc(N(c2cccc(-n3[c-]cc(C(F)(F)F)n3)n2)c2cccc(-n3[c-]cc(C(F)(F)F)n3)n2)cc1.COc1cc(N(c2ccccc2)c2cc(OC)cc(-n3[c-]cc(C(F)(F)F)n3)n2)nc(-n2[c-]cc(C(F)(F)F)n2)c1.FC(F)(F)c1c[c-]n(-c2cc(N(c3ccccc3)c3ccccc3)cc(N(c3ccccc3)c3cc(N(c4ccccc4)c4ccccc4)cc(-n4[c-]cc(C(F)(F)F)n4)n3)n2)n1.[Pt+2].[Pt+2].[Pt+2]. The zero-order valence-corrected chi connectivity index (χ0v) is 83.3. The van der Waals surface area contributed by atoms with Crippen molar-refractivity contribution in [1.29, 1.82) is 0 Å². The maximum atomic E-state index is 14.0. The van der Waals surface area contributed by atoms with Gasteiger partial charge >= 0.3 is 100 Å². The number of aromatic nitrogens is 18. The molecule has 0 fully saturated rings. The molecule has 148 heavy (non-hydrogen) atoms. The fourth-order valence-electron chi connectivity index (χ4n) is 14.5. The number of pyridine rings is 6. The first-order valence-electron chi connectivity index (χ1n) is 43.0. The van der Waals surface area contributed by atoms with Gasteiger partial charge in [0.15, 0.2) is 0 Å². The van der Waals surface area contributed by atoms with Crippen molar-refractivity contribution in [2.24, 2.45) is 0 Å². The molecule has 12 heterocycles. The fourth-order valence-corrected chi connectivity index (χ4v) is 14.5. The Bertz CT molecular complexity index is 7220. The molecule has 0 amide bonds. The van der Waals surface area contributed by atoms with Crippen molar-refractivity contribution in [3.05, 3.63) is 404 Å². The summed E-state index contributed by atoms with van der Waals surface area (Å²) in [5.41, 5.74) is -0.636. The van der Waals surface area contributed by atoms with Crippen LogP contribution >= 0.6 is 0 Å². The number of hydrogen-bond acceptors (Lipinski definition) is 19. The van der Waals surface area contributed by atoms with Gasteiger partial charge in [0, 0.05) is 75.5 Å². The van der Waals surface area contributed by atoms with Crippen LogP contribution in [0, 0.1) is 37.2 Å². The molecule has 0 saturated heterocycles. The van der Waals surface area contributed by atoms with E-state index in [0.717, 1.165) is 80.7 Å². The molecule has 0 aliphatic heterocycles. The van der Waals surface area contributed by atoms with E-state index in [2.05, 4.69) is 108 Å². The maximum Gasteiger partial charge on any atom is 2.00 e. The van der Waals surface area contributed by atoms with E-state index in [1.54, 1.807) is 119 Å². The molecule has 19 rings (SSSR count). The van der Waals surface area contributed by atoms with Gasteiger partial charge in [-0.05, 0) is 132 Å². The summed E-state index contributed by atoms with van der Waals surface area (Å²) >= 11 is 0. The first-order valence-corrected chi connectivity index (χ1v) is 43.0. The molecule has 19 aromatic rings. The van der Waals surface area contributed by atoms with Crippen LogP contribution in [-0.2, 0) is 106 Å². The molecule has 25 nitrogen and oxygen atoms in total. The number of nitrogens with zero attached hydrogens (tertiary/aromatic N) is 23. The van der Waals surface area contributed by atoms with E-state index >= 15 is 0 Å². The second-order valence-electron chi connectivity index (χ2n) is 32.1. The van der Waals surface area contributed by atoms with Gasteiger partial charge in [0.1, 0.15) is 46.4 Å². The van der Waals surface area contributed by atoms with Gasteiger partial charge in [-0.2, -0.15) is 79.0 Å². The van der Waals surface area contributed by atoms with Crippen LogP contribution in [0.3, 0.4) is 0 Å². The average Bonchev–Trinajstić information content (AvgIpc) is 1.26. The molecule has 12 aromatic heterocycles. The number of ether oxygens (including phenoxy) is 2.